The first-order valence-corrected chi connectivity index (χ1v) is 5.85. The molecule has 0 N–H and O–H groups in total. The number of carbonyl (C=O) groups excluding carboxylic acids is 1. The van der Waals surface area contributed by atoms with E-state index in [2.05, 4.69) is 11.0 Å². The summed E-state index contributed by atoms with van der Waals surface area (Å²) in [5.41, 5.74) is 1.88. The summed E-state index contributed by atoms with van der Waals surface area (Å²) in [6.07, 6.45) is 5.54. The molecule has 1 aromatic heterocycles. The lowest BCUT2D eigenvalue weighted by Gasteiger charge is -2.11. The monoisotopic (exact) mass is 248 g/mol. The number of hydrogen-bond acceptors (Lipinski definition) is 3. The number of hydrogen-bond donors (Lipinski definition) is 0. The van der Waals surface area contributed by atoms with Crippen molar-refractivity contribution in [2.24, 2.45) is 0 Å². The van der Waals surface area contributed by atoms with Crippen molar-refractivity contribution in [3.05, 3.63) is 17.0 Å². The minimum absolute atomic E-state index is 0.157. The lowest BCUT2D eigenvalue weighted by Crippen LogP contribution is -2.23. The van der Waals surface area contributed by atoms with E-state index in [0.717, 1.165) is 5.69 Å². The van der Waals surface area contributed by atoms with Crippen molar-refractivity contribution < 1.29 is 4.79 Å². The van der Waals surface area contributed by atoms with Crippen LogP contribution in [0.5, 0.6) is 0 Å². The zero-order valence-corrected chi connectivity index (χ0v) is 11.7. The number of rotatable bonds is 4. The average Bonchev–Trinajstić information content (AvgIpc) is 2.64. The number of nitrogens with zero attached hydrogens (tertiary/aromatic N) is 4. The van der Waals surface area contributed by atoms with E-state index >= 15 is 0 Å². The molecule has 18 heavy (non-hydrogen) atoms. The standard InChI is InChI=1S/C13H20N4O/c1-7-10-11(9-15(3)4)17(8-2)14-12(10)13(18)16(5)6/h1H,8-9H2,2-6H3. The Labute approximate surface area is 108 Å². The van der Waals surface area contributed by atoms with E-state index in [9.17, 15) is 4.79 Å². The van der Waals surface area contributed by atoms with E-state index in [1.165, 1.54) is 4.90 Å². The highest BCUT2D eigenvalue weighted by atomic mass is 16.2. The molecule has 0 radical (unpaired) electrons. The van der Waals surface area contributed by atoms with E-state index in [0.29, 0.717) is 24.3 Å². The van der Waals surface area contributed by atoms with Crippen molar-refractivity contribution in [3.63, 3.8) is 0 Å². The maximum atomic E-state index is 12.0. The molecule has 1 heterocycles. The Bertz CT molecular complexity index is 480. The van der Waals surface area contributed by atoms with Gasteiger partial charge in [0.15, 0.2) is 5.69 Å². The van der Waals surface area contributed by atoms with Crippen molar-refractivity contribution >= 4 is 5.91 Å². The van der Waals surface area contributed by atoms with Gasteiger partial charge in [-0.05, 0) is 21.0 Å². The number of aryl methyl sites for hydroxylation is 1. The van der Waals surface area contributed by atoms with E-state index in [4.69, 9.17) is 6.42 Å². The molecule has 0 aliphatic rings. The van der Waals surface area contributed by atoms with Gasteiger partial charge in [-0.3, -0.25) is 9.48 Å². The van der Waals surface area contributed by atoms with Crippen molar-refractivity contribution in [1.82, 2.24) is 19.6 Å². The second kappa shape index (κ2) is 5.69. The summed E-state index contributed by atoms with van der Waals surface area (Å²) in [6, 6.07) is 0. The third-order valence-electron chi connectivity index (χ3n) is 2.58. The highest BCUT2D eigenvalue weighted by Crippen LogP contribution is 2.16. The Morgan fingerprint density at radius 2 is 2.00 bits per heavy atom. The van der Waals surface area contributed by atoms with E-state index in [1.807, 2.05) is 25.9 Å². The van der Waals surface area contributed by atoms with Crippen LogP contribution in [0.1, 0.15) is 28.7 Å². The molecule has 0 fully saturated rings. The molecular weight excluding hydrogens is 228 g/mol. The van der Waals surface area contributed by atoms with Crippen LogP contribution in [0.3, 0.4) is 0 Å². The summed E-state index contributed by atoms with van der Waals surface area (Å²) < 4.78 is 1.80. The van der Waals surface area contributed by atoms with Crippen LogP contribution in [0.25, 0.3) is 0 Å². The average molecular weight is 248 g/mol. The summed E-state index contributed by atoms with van der Waals surface area (Å²) in [4.78, 5) is 15.5. The summed E-state index contributed by atoms with van der Waals surface area (Å²) >= 11 is 0. The first-order chi connectivity index (χ1) is 8.42. The molecule has 5 heteroatoms. The summed E-state index contributed by atoms with van der Waals surface area (Å²) in [5, 5.41) is 4.33. The summed E-state index contributed by atoms with van der Waals surface area (Å²) in [6.45, 7) is 3.34. The smallest absolute Gasteiger partial charge is 0.275 e. The van der Waals surface area contributed by atoms with Crippen LogP contribution >= 0.6 is 0 Å². The second-order valence-electron chi connectivity index (χ2n) is 4.57. The normalized spacial score (nSPS) is 10.5. The van der Waals surface area contributed by atoms with Gasteiger partial charge in [0.1, 0.15) is 0 Å². The topological polar surface area (TPSA) is 41.4 Å². The molecule has 0 spiro atoms. The fourth-order valence-electron chi connectivity index (χ4n) is 1.73. The molecule has 0 atom stereocenters. The lowest BCUT2D eigenvalue weighted by molar-refractivity contribution is 0.0821. The van der Waals surface area contributed by atoms with E-state index in [-0.39, 0.29) is 5.91 Å². The third kappa shape index (κ3) is 2.71. The Hall–Kier alpha value is -1.80. The van der Waals surface area contributed by atoms with Crippen molar-refractivity contribution in [2.45, 2.75) is 20.0 Å². The quantitative estimate of drug-likeness (QED) is 0.735. The largest absolute Gasteiger partial charge is 0.343 e. The second-order valence-corrected chi connectivity index (χ2v) is 4.57. The van der Waals surface area contributed by atoms with Crippen LogP contribution in [0.4, 0.5) is 0 Å². The van der Waals surface area contributed by atoms with Gasteiger partial charge in [0, 0.05) is 27.2 Å². The molecule has 1 amide bonds. The minimum Gasteiger partial charge on any atom is -0.343 e. The van der Waals surface area contributed by atoms with Crippen LogP contribution in [0.2, 0.25) is 0 Å². The van der Waals surface area contributed by atoms with Gasteiger partial charge >= 0.3 is 0 Å². The summed E-state index contributed by atoms with van der Waals surface area (Å²) in [7, 11) is 7.31. The number of aromatic nitrogens is 2. The number of amides is 1. The Balaban J connectivity index is 3.34. The number of terminal acetylenes is 1. The molecular formula is C13H20N4O. The molecule has 1 rings (SSSR count). The van der Waals surface area contributed by atoms with Gasteiger partial charge in [0.2, 0.25) is 0 Å². The fraction of sp³-hybridized carbons (Fsp3) is 0.538. The summed E-state index contributed by atoms with van der Waals surface area (Å²) in [5.74, 6) is 2.45. The zero-order chi connectivity index (χ0) is 13.9. The maximum absolute atomic E-state index is 12.0. The highest BCUT2D eigenvalue weighted by Gasteiger charge is 2.22. The lowest BCUT2D eigenvalue weighted by atomic mass is 10.1. The SMILES string of the molecule is C#Cc1c(C(=O)N(C)C)nn(CC)c1CN(C)C. The molecule has 0 aliphatic heterocycles. The van der Waals surface area contributed by atoms with Gasteiger partial charge in [0.25, 0.3) is 5.91 Å². The molecule has 98 valence electrons. The van der Waals surface area contributed by atoms with Crippen LogP contribution in [0.15, 0.2) is 0 Å². The van der Waals surface area contributed by atoms with Gasteiger partial charge < -0.3 is 9.80 Å². The van der Waals surface area contributed by atoms with Gasteiger partial charge in [-0.15, -0.1) is 6.42 Å². The van der Waals surface area contributed by atoms with Crippen molar-refractivity contribution in [2.75, 3.05) is 28.2 Å². The molecule has 0 aromatic carbocycles. The number of carbonyl (C=O) groups is 1. The van der Waals surface area contributed by atoms with Gasteiger partial charge in [-0.2, -0.15) is 5.10 Å². The Morgan fingerprint density at radius 1 is 1.39 bits per heavy atom. The van der Waals surface area contributed by atoms with E-state index < -0.39 is 0 Å². The van der Waals surface area contributed by atoms with Crippen molar-refractivity contribution in [3.8, 4) is 12.3 Å². The maximum Gasteiger partial charge on any atom is 0.275 e. The fourth-order valence-corrected chi connectivity index (χ4v) is 1.73. The Kier molecular flexibility index (Phi) is 4.51. The third-order valence-corrected chi connectivity index (χ3v) is 2.58. The molecule has 0 saturated carbocycles. The van der Waals surface area contributed by atoms with E-state index in [1.54, 1.807) is 18.8 Å². The predicted molar refractivity (Wildman–Crippen MR) is 71.2 cm³/mol. The van der Waals surface area contributed by atoms with Crippen LogP contribution < -0.4 is 0 Å². The zero-order valence-electron chi connectivity index (χ0n) is 11.7. The minimum atomic E-state index is -0.157. The molecule has 0 unspecified atom stereocenters. The van der Waals surface area contributed by atoms with Gasteiger partial charge in [0.05, 0.1) is 11.3 Å². The van der Waals surface area contributed by atoms with Crippen molar-refractivity contribution in [1.29, 1.82) is 0 Å². The highest BCUT2D eigenvalue weighted by molar-refractivity contribution is 5.94. The van der Waals surface area contributed by atoms with Gasteiger partial charge in [-0.1, -0.05) is 5.92 Å². The Morgan fingerprint density at radius 3 is 2.39 bits per heavy atom. The molecule has 0 saturated heterocycles. The first kappa shape index (κ1) is 14.3. The predicted octanol–water partition coefficient (Wildman–Crippen LogP) is 0.648. The molecule has 0 bridgehead atoms. The van der Waals surface area contributed by atoms with Crippen LogP contribution in [0, 0.1) is 12.3 Å². The molecule has 5 nitrogen and oxygen atoms in total. The van der Waals surface area contributed by atoms with Crippen LogP contribution in [-0.4, -0.2) is 53.7 Å². The molecule has 0 aliphatic carbocycles. The van der Waals surface area contributed by atoms with Gasteiger partial charge in [-0.25, -0.2) is 0 Å². The molecule has 1 aromatic rings. The van der Waals surface area contributed by atoms with Crippen LogP contribution in [-0.2, 0) is 13.1 Å². The first-order valence-electron chi connectivity index (χ1n) is 5.85.